The van der Waals surface area contributed by atoms with Gasteiger partial charge in [-0.2, -0.15) is 4.98 Å². The molecule has 10 heteroatoms. The van der Waals surface area contributed by atoms with Gasteiger partial charge in [0.1, 0.15) is 5.75 Å². The van der Waals surface area contributed by atoms with Crippen LogP contribution in [-0.4, -0.2) is 59.4 Å². The quantitative estimate of drug-likeness (QED) is 0.205. The number of aromatic nitrogens is 2. The van der Waals surface area contributed by atoms with E-state index in [4.69, 9.17) is 25.3 Å². The Bertz CT molecular complexity index is 1450. The van der Waals surface area contributed by atoms with Crippen LogP contribution in [0, 0.1) is 12.0 Å². The Kier molecular flexibility index (Phi) is 7.59. The molecule has 2 aromatic carbocycles. The lowest BCUT2D eigenvalue weighted by atomic mass is 9.78. The molecule has 0 N–H and O–H groups in total. The number of carbonyl (C=O) groups is 2. The van der Waals surface area contributed by atoms with Crippen molar-refractivity contribution in [2.45, 2.75) is 52.7 Å². The largest absolute Gasteiger partial charge is 0.502 e. The number of benzene rings is 2. The van der Waals surface area contributed by atoms with Gasteiger partial charge in [-0.3, -0.25) is 14.5 Å². The second-order valence-electron chi connectivity index (χ2n) is 10.2. The van der Waals surface area contributed by atoms with Gasteiger partial charge < -0.3 is 18.7 Å². The molecule has 0 bridgehead atoms. The molecule has 0 unspecified atom stereocenters. The van der Waals surface area contributed by atoms with Gasteiger partial charge in [0.05, 0.1) is 25.9 Å². The number of ether oxygens (including phenoxy) is 3. The summed E-state index contributed by atoms with van der Waals surface area (Å²) in [5.74, 6) is 0.249. The SMILES string of the molecule is [C-]#[N+]c1cc(-c2nc(-c3cccc4c3CC[C@H]4N3CC(C(=O)OCC)(C(=O)OCC)C3)no2)ccc1OC(C)C. The fourth-order valence-corrected chi connectivity index (χ4v) is 5.51. The third-order valence-electron chi connectivity index (χ3n) is 7.31. The highest BCUT2D eigenvalue weighted by molar-refractivity contribution is 6.02. The van der Waals surface area contributed by atoms with Crippen molar-refractivity contribution in [1.29, 1.82) is 0 Å². The molecule has 1 aliphatic carbocycles. The Balaban J connectivity index is 1.37. The first-order valence-corrected chi connectivity index (χ1v) is 13.5. The molecule has 1 atom stereocenters. The van der Waals surface area contributed by atoms with Gasteiger partial charge in [-0.25, -0.2) is 4.85 Å². The maximum atomic E-state index is 12.7. The summed E-state index contributed by atoms with van der Waals surface area (Å²) in [4.78, 5) is 35.8. The lowest BCUT2D eigenvalue weighted by molar-refractivity contribution is -0.188. The monoisotopic (exact) mass is 544 g/mol. The molecule has 1 aliphatic heterocycles. The zero-order valence-electron chi connectivity index (χ0n) is 23.1. The minimum absolute atomic E-state index is 0.0478. The number of fused-ring (bicyclic) bond motifs is 1. The maximum absolute atomic E-state index is 12.7. The molecule has 208 valence electrons. The molecule has 5 rings (SSSR count). The molecule has 2 aliphatic rings. The van der Waals surface area contributed by atoms with Crippen LogP contribution in [0.15, 0.2) is 40.9 Å². The predicted octanol–water partition coefficient (Wildman–Crippen LogP) is 5.16. The highest BCUT2D eigenvalue weighted by Gasteiger charge is 2.59. The molecule has 10 nitrogen and oxygen atoms in total. The first-order valence-electron chi connectivity index (χ1n) is 13.5. The van der Waals surface area contributed by atoms with E-state index in [1.165, 1.54) is 0 Å². The van der Waals surface area contributed by atoms with Crippen LogP contribution in [0.3, 0.4) is 0 Å². The number of esters is 2. The van der Waals surface area contributed by atoms with Crippen molar-refractivity contribution in [2.75, 3.05) is 26.3 Å². The smallest absolute Gasteiger partial charge is 0.326 e. The summed E-state index contributed by atoms with van der Waals surface area (Å²) in [5, 5.41) is 4.25. The summed E-state index contributed by atoms with van der Waals surface area (Å²) in [7, 11) is 0. The second-order valence-corrected chi connectivity index (χ2v) is 10.2. The highest BCUT2D eigenvalue weighted by Crippen LogP contribution is 2.46. The minimum atomic E-state index is -1.28. The average Bonchev–Trinajstić information content (AvgIpc) is 3.56. The third kappa shape index (κ3) is 4.82. The van der Waals surface area contributed by atoms with Crippen molar-refractivity contribution in [2.24, 2.45) is 5.41 Å². The standard InChI is InChI=1S/C30H32N4O6/c1-6-37-28(35)30(29(36)38-7-2)16-34(17-30)24-13-12-20-21(24)9-8-10-22(20)26-32-27(40-33-26)19-11-14-25(39-18(3)4)23(15-19)31-5/h8-11,14-15,18,24H,6-7,12-13,16-17H2,1-4H3/t24-/m1/s1. The topological polar surface area (TPSA) is 108 Å². The highest BCUT2D eigenvalue weighted by atomic mass is 16.6. The molecule has 0 spiro atoms. The molecular formula is C30H32N4O6. The van der Waals surface area contributed by atoms with Gasteiger partial charge in [-0.1, -0.05) is 23.4 Å². The van der Waals surface area contributed by atoms with Crippen LogP contribution < -0.4 is 4.74 Å². The lowest BCUT2D eigenvalue weighted by Crippen LogP contribution is -2.65. The summed E-state index contributed by atoms with van der Waals surface area (Å²) in [6.07, 6.45) is 1.59. The zero-order chi connectivity index (χ0) is 28.4. The van der Waals surface area contributed by atoms with E-state index < -0.39 is 17.4 Å². The van der Waals surface area contributed by atoms with Crippen molar-refractivity contribution < 1.29 is 28.3 Å². The van der Waals surface area contributed by atoms with Gasteiger partial charge in [-0.15, -0.1) is 0 Å². The number of rotatable bonds is 9. The number of carbonyl (C=O) groups excluding carboxylic acids is 2. The van der Waals surface area contributed by atoms with E-state index in [1.54, 1.807) is 32.0 Å². The summed E-state index contributed by atoms with van der Waals surface area (Å²) in [5.41, 5.74) is 2.85. The van der Waals surface area contributed by atoms with Crippen LogP contribution in [0.25, 0.3) is 27.7 Å². The number of hydrogen-bond donors (Lipinski definition) is 0. The predicted molar refractivity (Wildman–Crippen MR) is 146 cm³/mol. The molecular weight excluding hydrogens is 512 g/mol. The third-order valence-corrected chi connectivity index (χ3v) is 7.31. The molecule has 1 saturated heterocycles. The molecule has 3 aromatic rings. The zero-order valence-corrected chi connectivity index (χ0v) is 23.1. The van der Waals surface area contributed by atoms with Gasteiger partial charge >= 0.3 is 11.9 Å². The van der Waals surface area contributed by atoms with Crippen molar-refractivity contribution >= 4 is 17.6 Å². The van der Waals surface area contributed by atoms with Crippen molar-refractivity contribution in [3.63, 3.8) is 0 Å². The molecule has 0 saturated carbocycles. The van der Waals surface area contributed by atoms with E-state index in [9.17, 15) is 9.59 Å². The fraction of sp³-hybridized carbons (Fsp3) is 0.433. The van der Waals surface area contributed by atoms with E-state index in [1.807, 2.05) is 26.0 Å². The lowest BCUT2D eigenvalue weighted by Gasteiger charge is -2.48. The summed E-state index contributed by atoms with van der Waals surface area (Å²) < 4.78 is 21.8. The van der Waals surface area contributed by atoms with Crippen molar-refractivity contribution in [3.05, 3.63) is 58.9 Å². The van der Waals surface area contributed by atoms with Gasteiger partial charge in [0.25, 0.3) is 5.89 Å². The number of likely N-dealkylation sites (tertiary alicyclic amines) is 1. The molecule has 0 radical (unpaired) electrons. The Labute approximate surface area is 233 Å². The first kappa shape index (κ1) is 27.3. The molecule has 1 fully saturated rings. The van der Waals surface area contributed by atoms with Crippen molar-refractivity contribution in [3.8, 4) is 28.6 Å². The molecule has 1 aromatic heterocycles. The molecule has 40 heavy (non-hydrogen) atoms. The Hall–Kier alpha value is -4.23. The Morgan fingerprint density at radius 2 is 1.88 bits per heavy atom. The number of nitrogens with zero attached hydrogens (tertiary/aromatic N) is 4. The molecule has 0 amide bonds. The van der Waals surface area contributed by atoms with Crippen LogP contribution in [0.1, 0.15) is 51.3 Å². The van der Waals surface area contributed by atoms with Gasteiger partial charge in [0.2, 0.25) is 11.5 Å². The average molecular weight is 545 g/mol. The van der Waals surface area contributed by atoms with Crippen LogP contribution in [0.5, 0.6) is 5.75 Å². The number of hydrogen-bond acceptors (Lipinski definition) is 9. The second kappa shape index (κ2) is 11.1. The van der Waals surface area contributed by atoms with Gasteiger partial charge in [-0.05, 0) is 69.9 Å². The summed E-state index contributed by atoms with van der Waals surface area (Å²) in [6, 6.07) is 11.3. The van der Waals surface area contributed by atoms with Gasteiger partial charge in [0, 0.05) is 30.3 Å². The van der Waals surface area contributed by atoms with E-state index in [-0.39, 0.29) is 38.4 Å². The Morgan fingerprint density at radius 3 is 2.52 bits per heavy atom. The fourth-order valence-electron chi connectivity index (χ4n) is 5.51. The van der Waals surface area contributed by atoms with E-state index in [0.29, 0.717) is 28.7 Å². The van der Waals surface area contributed by atoms with Crippen LogP contribution in [0.2, 0.25) is 0 Å². The van der Waals surface area contributed by atoms with E-state index in [0.717, 1.165) is 29.5 Å². The Morgan fingerprint density at radius 1 is 1.15 bits per heavy atom. The molecule has 2 heterocycles. The summed E-state index contributed by atoms with van der Waals surface area (Å²) in [6.45, 7) is 15.7. The minimum Gasteiger partial charge on any atom is -0.502 e. The normalized spacial score (nSPS) is 17.6. The van der Waals surface area contributed by atoms with Gasteiger partial charge in [0.15, 0.2) is 5.41 Å². The van der Waals surface area contributed by atoms with Crippen LogP contribution >= 0.6 is 0 Å². The van der Waals surface area contributed by atoms with E-state index >= 15 is 0 Å². The van der Waals surface area contributed by atoms with Crippen LogP contribution in [0.4, 0.5) is 5.69 Å². The first-order chi connectivity index (χ1) is 19.3. The van der Waals surface area contributed by atoms with E-state index in [2.05, 4.69) is 26.0 Å². The van der Waals surface area contributed by atoms with Crippen molar-refractivity contribution in [1.82, 2.24) is 15.0 Å². The van der Waals surface area contributed by atoms with Crippen LogP contribution in [-0.2, 0) is 25.5 Å². The maximum Gasteiger partial charge on any atom is 0.326 e. The summed E-state index contributed by atoms with van der Waals surface area (Å²) >= 11 is 0.